The Labute approximate surface area is 187 Å². The molecule has 0 radical (unpaired) electrons. The van der Waals surface area contributed by atoms with Gasteiger partial charge in [-0.25, -0.2) is 0 Å². The fourth-order valence-electron chi connectivity index (χ4n) is 4.89. The zero-order valence-corrected chi connectivity index (χ0v) is 20.5. The molecule has 0 aliphatic carbocycles. The van der Waals surface area contributed by atoms with Crippen molar-refractivity contribution in [1.82, 2.24) is 0 Å². The highest BCUT2D eigenvalue weighted by Crippen LogP contribution is 2.38. The average molecular weight is 441 g/mol. The summed E-state index contributed by atoms with van der Waals surface area (Å²) in [4.78, 5) is 12.3. The number of benzene rings is 2. The lowest BCUT2D eigenvalue weighted by Gasteiger charge is -2.45. The molecule has 2 aromatic rings. The molecule has 3 rings (SSSR count). The van der Waals surface area contributed by atoms with E-state index in [-0.39, 0.29) is 28.9 Å². The Balaban J connectivity index is 1.96. The van der Waals surface area contributed by atoms with Gasteiger partial charge in [0, 0.05) is 18.4 Å². The Morgan fingerprint density at radius 3 is 1.94 bits per heavy atom. The van der Waals surface area contributed by atoms with Crippen molar-refractivity contribution in [3.8, 4) is 0 Å². The molecule has 0 bridgehead atoms. The molecule has 168 valence electrons. The van der Waals surface area contributed by atoms with Gasteiger partial charge in [-0.05, 0) is 22.3 Å². The minimum atomic E-state index is -2.65. The molecule has 0 spiro atoms. The van der Waals surface area contributed by atoms with Crippen molar-refractivity contribution in [3.05, 3.63) is 60.7 Å². The number of aliphatic hydroxyl groups is 1. The van der Waals surface area contributed by atoms with Crippen LogP contribution in [-0.4, -0.2) is 38.2 Å². The summed E-state index contributed by atoms with van der Waals surface area (Å²) >= 11 is 0. The van der Waals surface area contributed by atoms with Gasteiger partial charge in [0.15, 0.2) is 0 Å². The number of ether oxygens (including phenoxy) is 1. The van der Waals surface area contributed by atoms with Crippen molar-refractivity contribution < 1.29 is 19.1 Å². The molecule has 1 aliphatic rings. The minimum Gasteiger partial charge on any atom is -0.461 e. The van der Waals surface area contributed by atoms with Gasteiger partial charge in [0.25, 0.3) is 8.32 Å². The van der Waals surface area contributed by atoms with E-state index in [4.69, 9.17) is 9.16 Å². The molecular weight excluding hydrogens is 404 g/mol. The summed E-state index contributed by atoms with van der Waals surface area (Å²) in [6, 6.07) is 21.0. The highest BCUT2D eigenvalue weighted by Gasteiger charge is 2.51. The molecule has 0 saturated carbocycles. The van der Waals surface area contributed by atoms with Gasteiger partial charge in [-0.3, -0.25) is 4.79 Å². The zero-order chi connectivity index (χ0) is 22.8. The predicted molar refractivity (Wildman–Crippen MR) is 127 cm³/mol. The van der Waals surface area contributed by atoms with Crippen LogP contribution >= 0.6 is 0 Å². The van der Waals surface area contributed by atoms with Crippen molar-refractivity contribution in [3.63, 3.8) is 0 Å². The summed E-state index contributed by atoms with van der Waals surface area (Å²) in [5.74, 6) is -0.989. The van der Waals surface area contributed by atoms with Gasteiger partial charge in [0.1, 0.15) is 6.10 Å². The number of cyclic esters (lactones) is 1. The third-order valence-corrected chi connectivity index (χ3v) is 11.7. The number of hydrogen-bond acceptors (Lipinski definition) is 4. The molecule has 1 saturated heterocycles. The van der Waals surface area contributed by atoms with Crippen molar-refractivity contribution in [2.24, 2.45) is 17.8 Å². The molecular formula is C26H36O4Si. The van der Waals surface area contributed by atoms with E-state index in [9.17, 15) is 9.90 Å². The first kappa shape index (κ1) is 23.7. The Kier molecular flexibility index (Phi) is 7.09. The van der Waals surface area contributed by atoms with Crippen LogP contribution in [0.25, 0.3) is 0 Å². The molecule has 0 aromatic heterocycles. The molecule has 31 heavy (non-hydrogen) atoms. The van der Waals surface area contributed by atoms with Crippen molar-refractivity contribution in [2.75, 3.05) is 6.61 Å². The average Bonchev–Trinajstić information content (AvgIpc) is 2.75. The van der Waals surface area contributed by atoms with Crippen LogP contribution in [0, 0.1) is 17.8 Å². The van der Waals surface area contributed by atoms with Crippen LogP contribution < -0.4 is 10.4 Å². The Hall–Kier alpha value is -1.95. The molecule has 0 amide bonds. The second-order valence-electron chi connectivity index (χ2n) is 9.99. The van der Waals surface area contributed by atoms with Gasteiger partial charge < -0.3 is 14.3 Å². The summed E-state index contributed by atoms with van der Waals surface area (Å²) < 4.78 is 12.7. The third-order valence-electron chi connectivity index (χ3n) is 6.73. The standard InChI is InChI=1S/C26H36O4Si/c1-18(24-19(2)23(27)20(3)25(28)30-24)17-29-31(26(4,5)6,21-13-9-7-10-14-21)22-15-11-8-12-16-22/h7-16,18-20,23-24,27H,17H2,1-6H3/t18-,19+,20-,23-,24-/m1/s1. The summed E-state index contributed by atoms with van der Waals surface area (Å²) in [5, 5.41) is 12.9. The first-order valence-corrected chi connectivity index (χ1v) is 13.1. The van der Waals surface area contributed by atoms with Crippen LogP contribution in [0.3, 0.4) is 0 Å². The van der Waals surface area contributed by atoms with Gasteiger partial charge in [-0.15, -0.1) is 0 Å². The number of esters is 1. The summed E-state index contributed by atoms with van der Waals surface area (Å²) in [5.41, 5.74) is 0. The van der Waals surface area contributed by atoms with Crippen molar-refractivity contribution in [2.45, 2.75) is 58.8 Å². The topological polar surface area (TPSA) is 55.8 Å². The van der Waals surface area contributed by atoms with Gasteiger partial charge in [0.2, 0.25) is 0 Å². The van der Waals surface area contributed by atoms with E-state index in [0.717, 1.165) is 0 Å². The van der Waals surface area contributed by atoms with E-state index in [1.165, 1.54) is 10.4 Å². The monoisotopic (exact) mass is 440 g/mol. The lowest BCUT2D eigenvalue weighted by molar-refractivity contribution is -0.183. The molecule has 4 nitrogen and oxygen atoms in total. The molecule has 0 unspecified atom stereocenters. The van der Waals surface area contributed by atoms with Crippen LogP contribution in [0.4, 0.5) is 0 Å². The molecule has 1 heterocycles. The van der Waals surface area contributed by atoms with Gasteiger partial charge >= 0.3 is 5.97 Å². The van der Waals surface area contributed by atoms with E-state index in [2.05, 4.69) is 76.2 Å². The first-order chi connectivity index (χ1) is 14.6. The molecule has 5 heteroatoms. The number of hydrogen-bond donors (Lipinski definition) is 1. The van der Waals surface area contributed by atoms with Crippen LogP contribution in [0.1, 0.15) is 41.5 Å². The molecule has 1 fully saturated rings. The van der Waals surface area contributed by atoms with Gasteiger partial charge in [-0.1, -0.05) is 95.3 Å². The molecule has 2 aromatic carbocycles. The van der Waals surface area contributed by atoms with Crippen LogP contribution in [0.15, 0.2) is 60.7 Å². The summed E-state index contributed by atoms with van der Waals surface area (Å²) in [6.45, 7) is 12.9. The molecule has 1 N–H and O–H groups in total. The quantitative estimate of drug-likeness (QED) is 0.549. The first-order valence-electron chi connectivity index (χ1n) is 11.2. The maximum Gasteiger partial charge on any atom is 0.311 e. The smallest absolute Gasteiger partial charge is 0.311 e. The minimum absolute atomic E-state index is 0.0391. The van der Waals surface area contributed by atoms with E-state index in [0.29, 0.717) is 6.61 Å². The number of aliphatic hydroxyl groups excluding tert-OH is 1. The summed E-state index contributed by atoms with van der Waals surface area (Å²) in [7, 11) is -2.65. The van der Waals surface area contributed by atoms with Crippen LogP contribution in [0.5, 0.6) is 0 Å². The maximum atomic E-state index is 12.3. The lowest BCUT2D eigenvalue weighted by Crippen LogP contribution is -2.67. The van der Waals surface area contributed by atoms with E-state index in [1.54, 1.807) is 6.92 Å². The van der Waals surface area contributed by atoms with Crippen LogP contribution in [-0.2, 0) is 14.0 Å². The third kappa shape index (κ3) is 4.50. The lowest BCUT2D eigenvalue weighted by atomic mass is 9.82. The predicted octanol–water partition coefficient (Wildman–Crippen LogP) is 3.76. The van der Waals surface area contributed by atoms with Crippen molar-refractivity contribution in [1.29, 1.82) is 0 Å². The number of carbonyl (C=O) groups is 1. The van der Waals surface area contributed by atoms with Gasteiger partial charge in [0.05, 0.1) is 12.0 Å². The Morgan fingerprint density at radius 1 is 1.00 bits per heavy atom. The van der Waals surface area contributed by atoms with E-state index < -0.39 is 20.3 Å². The largest absolute Gasteiger partial charge is 0.461 e. The maximum absolute atomic E-state index is 12.3. The zero-order valence-electron chi connectivity index (χ0n) is 19.5. The number of rotatable bonds is 6. The molecule has 5 atom stereocenters. The highest BCUT2D eigenvalue weighted by molar-refractivity contribution is 6.99. The fourth-order valence-corrected chi connectivity index (χ4v) is 9.55. The summed E-state index contributed by atoms with van der Waals surface area (Å²) in [6.07, 6.45) is -1.06. The van der Waals surface area contributed by atoms with E-state index >= 15 is 0 Å². The second kappa shape index (κ2) is 9.27. The fraction of sp³-hybridized carbons (Fsp3) is 0.500. The highest BCUT2D eigenvalue weighted by atomic mass is 28.4. The van der Waals surface area contributed by atoms with Gasteiger partial charge in [-0.2, -0.15) is 0 Å². The van der Waals surface area contributed by atoms with Crippen LogP contribution in [0.2, 0.25) is 5.04 Å². The Bertz CT molecular complexity index is 822. The normalized spacial score (nSPS) is 25.7. The second-order valence-corrected chi connectivity index (χ2v) is 14.3. The number of carbonyl (C=O) groups excluding carboxylic acids is 1. The molecule has 1 aliphatic heterocycles. The SMILES string of the molecule is C[C@H]1[C@@H](O)[C@@H](C)C(=O)O[C@@H]1[C@H](C)CO[Si](c1ccccc1)(c1ccccc1)C(C)(C)C. The van der Waals surface area contributed by atoms with E-state index in [1.807, 2.05) is 19.1 Å². The Morgan fingerprint density at radius 2 is 1.48 bits per heavy atom. The van der Waals surface area contributed by atoms with Crippen molar-refractivity contribution >= 4 is 24.7 Å².